The third-order valence-electron chi connectivity index (χ3n) is 6.86. The summed E-state index contributed by atoms with van der Waals surface area (Å²) in [5.41, 5.74) is 0.574. The highest BCUT2D eigenvalue weighted by atomic mass is 16.5. The van der Waals surface area contributed by atoms with E-state index >= 15 is 0 Å². The van der Waals surface area contributed by atoms with Gasteiger partial charge in [0.2, 0.25) is 5.91 Å². The van der Waals surface area contributed by atoms with Crippen LogP contribution in [-0.4, -0.2) is 53.9 Å². The lowest BCUT2D eigenvalue weighted by Crippen LogP contribution is -2.51. The van der Waals surface area contributed by atoms with E-state index < -0.39 is 0 Å². The van der Waals surface area contributed by atoms with E-state index in [0.717, 1.165) is 51.6 Å². The van der Waals surface area contributed by atoms with E-state index in [4.69, 9.17) is 4.74 Å². The fourth-order valence-corrected chi connectivity index (χ4v) is 5.43. The molecule has 3 fully saturated rings. The first-order valence-electron chi connectivity index (χ1n) is 10.9. The molecule has 152 valence electrons. The Morgan fingerprint density at radius 1 is 0.964 bits per heavy atom. The van der Waals surface area contributed by atoms with Gasteiger partial charge in [-0.3, -0.25) is 9.59 Å². The number of fused-ring (bicyclic) bond motifs is 1. The maximum atomic E-state index is 13.6. The van der Waals surface area contributed by atoms with Crippen LogP contribution in [0, 0.1) is 5.92 Å². The van der Waals surface area contributed by atoms with Crippen LogP contribution >= 0.6 is 0 Å². The zero-order chi connectivity index (χ0) is 19.5. The monoisotopic (exact) mass is 384 g/mol. The fourth-order valence-electron chi connectivity index (χ4n) is 5.43. The maximum Gasteiger partial charge on any atom is 0.258 e. The topological polar surface area (TPSA) is 49.9 Å². The number of ether oxygens (including phenoxy) is 1. The van der Waals surface area contributed by atoms with Crippen molar-refractivity contribution in [2.24, 2.45) is 5.92 Å². The number of hydrogen-bond donors (Lipinski definition) is 0. The average Bonchev–Trinajstić information content (AvgIpc) is 2.91. The van der Waals surface area contributed by atoms with Crippen LogP contribution in [0.25, 0.3) is 0 Å². The lowest BCUT2D eigenvalue weighted by Gasteiger charge is -2.35. The van der Waals surface area contributed by atoms with Crippen LogP contribution in [0.3, 0.4) is 0 Å². The van der Waals surface area contributed by atoms with E-state index in [1.807, 2.05) is 34.1 Å². The van der Waals surface area contributed by atoms with Crippen molar-refractivity contribution in [3.63, 3.8) is 0 Å². The molecule has 4 rings (SSSR count). The Balaban J connectivity index is 1.64. The van der Waals surface area contributed by atoms with Crippen molar-refractivity contribution < 1.29 is 14.3 Å². The molecule has 1 aromatic carbocycles. The third kappa shape index (κ3) is 3.63. The maximum absolute atomic E-state index is 13.6. The third-order valence-corrected chi connectivity index (χ3v) is 6.86. The Kier molecular flexibility index (Phi) is 5.88. The van der Waals surface area contributed by atoms with Crippen molar-refractivity contribution in [3.05, 3.63) is 29.8 Å². The molecule has 5 nitrogen and oxygen atoms in total. The van der Waals surface area contributed by atoms with E-state index in [-0.39, 0.29) is 23.9 Å². The Bertz CT molecular complexity index is 712. The van der Waals surface area contributed by atoms with Crippen molar-refractivity contribution in [2.45, 2.75) is 69.9 Å². The molecule has 3 atom stereocenters. The minimum Gasteiger partial charge on any atom is -0.496 e. The molecule has 0 bridgehead atoms. The van der Waals surface area contributed by atoms with Gasteiger partial charge in [-0.25, -0.2) is 0 Å². The highest BCUT2D eigenvalue weighted by Gasteiger charge is 2.48. The molecule has 0 radical (unpaired) electrons. The number of hydrogen-bond acceptors (Lipinski definition) is 3. The standard InChI is InChI=1S/C23H32N2O3/c1-28-21-13-7-5-11-18(21)22(26)25-19-12-6-4-10-17(19)16-20(25)23(27)24-14-8-2-3-9-15-24/h5,7,11,13,17,19-20H,2-4,6,8-10,12,14-16H2,1H3/t17-,19+,20+/m1/s1. The molecule has 2 amide bonds. The average molecular weight is 385 g/mol. The van der Waals surface area contributed by atoms with Gasteiger partial charge in [-0.1, -0.05) is 37.8 Å². The lowest BCUT2D eigenvalue weighted by molar-refractivity contribution is -0.135. The SMILES string of the molecule is COc1ccccc1C(=O)N1[C@H](C(=O)N2CCCCCC2)C[C@H]2CCCC[C@@H]21. The normalized spacial score (nSPS) is 27.8. The van der Waals surface area contributed by atoms with Gasteiger partial charge in [0, 0.05) is 19.1 Å². The first-order valence-corrected chi connectivity index (χ1v) is 10.9. The van der Waals surface area contributed by atoms with Crippen molar-refractivity contribution in [2.75, 3.05) is 20.2 Å². The lowest BCUT2D eigenvalue weighted by atomic mass is 9.84. The quantitative estimate of drug-likeness (QED) is 0.795. The Labute approximate surface area is 168 Å². The zero-order valence-electron chi connectivity index (χ0n) is 16.9. The van der Waals surface area contributed by atoms with Crippen molar-refractivity contribution >= 4 is 11.8 Å². The smallest absolute Gasteiger partial charge is 0.258 e. The number of carbonyl (C=O) groups is 2. The van der Waals surface area contributed by atoms with Crippen LogP contribution in [0.15, 0.2) is 24.3 Å². The second-order valence-electron chi connectivity index (χ2n) is 8.52. The Hall–Kier alpha value is -2.04. The molecule has 0 unspecified atom stereocenters. The predicted octanol–water partition coefficient (Wildman–Crippen LogP) is 3.87. The number of rotatable bonds is 3. The highest BCUT2D eigenvalue weighted by molar-refractivity contribution is 6.00. The van der Waals surface area contributed by atoms with Gasteiger partial charge < -0.3 is 14.5 Å². The molecule has 2 heterocycles. The van der Waals surface area contributed by atoms with Crippen molar-refractivity contribution in [3.8, 4) is 5.75 Å². The van der Waals surface area contributed by atoms with E-state index in [0.29, 0.717) is 17.2 Å². The van der Waals surface area contributed by atoms with Gasteiger partial charge in [0.15, 0.2) is 0 Å². The van der Waals surface area contributed by atoms with Crippen LogP contribution in [0.2, 0.25) is 0 Å². The number of nitrogens with zero attached hydrogens (tertiary/aromatic N) is 2. The van der Waals surface area contributed by atoms with E-state index in [1.54, 1.807) is 7.11 Å². The molecule has 1 saturated carbocycles. The largest absolute Gasteiger partial charge is 0.496 e. The summed E-state index contributed by atoms with van der Waals surface area (Å²) >= 11 is 0. The fraction of sp³-hybridized carbons (Fsp3) is 0.652. The summed E-state index contributed by atoms with van der Waals surface area (Å²) < 4.78 is 5.45. The summed E-state index contributed by atoms with van der Waals surface area (Å²) in [6.45, 7) is 1.67. The molecule has 0 spiro atoms. The molecule has 28 heavy (non-hydrogen) atoms. The molecule has 3 aliphatic rings. The molecule has 0 N–H and O–H groups in total. The van der Waals surface area contributed by atoms with Gasteiger partial charge in [0.25, 0.3) is 5.91 Å². The van der Waals surface area contributed by atoms with E-state index in [1.165, 1.54) is 19.3 Å². The molecule has 2 aliphatic heterocycles. The molecule has 1 aromatic rings. The number of carbonyl (C=O) groups excluding carboxylic acids is 2. The Morgan fingerprint density at radius 2 is 1.68 bits per heavy atom. The second kappa shape index (κ2) is 8.54. The molecule has 5 heteroatoms. The predicted molar refractivity (Wildman–Crippen MR) is 108 cm³/mol. The molecule has 0 aromatic heterocycles. The Morgan fingerprint density at radius 3 is 2.43 bits per heavy atom. The summed E-state index contributed by atoms with van der Waals surface area (Å²) in [5.74, 6) is 1.17. The number of para-hydroxylation sites is 1. The van der Waals surface area contributed by atoms with Gasteiger partial charge in [-0.15, -0.1) is 0 Å². The van der Waals surface area contributed by atoms with Crippen molar-refractivity contribution in [1.82, 2.24) is 9.80 Å². The van der Waals surface area contributed by atoms with Gasteiger partial charge in [0.1, 0.15) is 11.8 Å². The van der Waals surface area contributed by atoms with Crippen molar-refractivity contribution in [1.29, 1.82) is 0 Å². The summed E-state index contributed by atoms with van der Waals surface area (Å²) in [6, 6.07) is 7.27. The first kappa shape index (κ1) is 19.3. The summed E-state index contributed by atoms with van der Waals surface area (Å²) in [4.78, 5) is 31.1. The van der Waals surface area contributed by atoms with Crippen LogP contribution in [-0.2, 0) is 4.79 Å². The van der Waals surface area contributed by atoms with Gasteiger partial charge in [-0.2, -0.15) is 0 Å². The number of methoxy groups -OCH3 is 1. The summed E-state index contributed by atoms with van der Waals surface area (Å²) in [6.07, 6.45) is 9.86. The van der Waals surface area contributed by atoms with Crippen LogP contribution < -0.4 is 4.74 Å². The second-order valence-corrected chi connectivity index (χ2v) is 8.52. The molecular weight excluding hydrogens is 352 g/mol. The van der Waals surface area contributed by atoms with Gasteiger partial charge >= 0.3 is 0 Å². The van der Waals surface area contributed by atoms with Crippen LogP contribution in [0.1, 0.15) is 68.1 Å². The molecular formula is C23H32N2O3. The minimum absolute atomic E-state index is 0.0416. The van der Waals surface area contributed by atoms with E-state index in [9.17, 15) is 9.59 Å². The van der Waals surface area contributed by atoms with Gasteiger partial charge in [-0.05, 0) is 50.2 Å². The minimum atomic E-state index is -0.316. The van der Waals surface area contributed by atoms with E-state index in [2.05, 4.69) is 0 Å². The summed E-state index contributed by atoms with van der Waals surface area (Å²) in [7, 11) is 1.60. The molecule has 1 aliphatic carbocycles. The van der Waals surface area contributed by atoms with Crippen LogP contribution in [0.4, 0.5) is 0 Å². The molecule has 2 saturated heterocycles. The highest BCUT2D eigenvalue weighted by Crippen LogP contribution is 2.41. The van der Waals surface area contributed by atoms with Crippen LogP contribution in [0.5, 0.6) is 5.75 Å². The number of benzene rings is 1. The zero-order valence-corrected chi connectivity index (χ0v) is 16.9. The number of likely N-dealkylation sites (tertiary alicyclic amines) is 2. The van der Waals surface area contributed by atoms with Gasteiger partial charge in [0.05, 0.1) is 12.7 Å². The number of amides is 2. The first-order chi connectivity index (χ1) is 13.7. The summed E-state index contributed by atoms with van der Waals surface area (Å²) in [5, 5.41) is 0.